The predicted molar refractivity (Wildman–Crippen MR) is 109 cm³/mol. The molecule has 1 saturated carbocycles. The summed E-state index contributed by atoms with van der Waals surface area (Å²) in [6.45, 7) is 1.46. The van der Waals surface area contributed by atoms with E-state index in [0.717, 1.165) is 37.1 Å². The summed E-state index contributed by atoms with van der Waals surface area (Å²) in [5, 5.41) is 26.8. The molecule has 0 unspecified atom stereocenters. The summed E-state index contributed by atoms with van der Waals surface area (Å²) < 4.78 is 10.4. The lowest BCUT2D eigenvalue weighted by Crippen LogP contribution is -2.49. The molecular formula is C22H30N2O4. The van der Waals surface area contributed by atoms with E-state index in [2.05, 4.69) is 10.6 Å². The van der Waals surface area contributed by atoms with Crippen molar-refractivity contribution in [1.82, 2.24) is 10.6 Å². The third kappa shape index (κ3) is 5.09. The van der Waals surface area contributed by atoms with Crippen LogP contribution < -0.4 is 20.1 Å². The zero-order valence-corrected chi connectivity index (χ0v) is 16.6. The van der Waals surface area contributed by atoms with Crippen LogP contribution in [-0.4, -0.2) is 36.5 Å². The average Bonchev–Trinajstić information content (AvgIpc) is 2.73. The Labute approximate surface area is 166 Å². The van der Waals surface area contributed by atoms with Gasteiger partial charge in [0.05, 0.1) is 14.2 Å². The molecule has 2 atom stereocenters. The van der Waals surface area contributed by atoms with E-state index in [1.165, 1.54) is 12.8 Å². The molecule has 0 amide bonds. The van der Waals surface area contributed by atoms with E-state index in [9.17, 15) is 10.2 Å². The van der Waals surface area contributed by atoms with Crippen molar-refractivity contribution >= 4 is 0 Å². The number of rotatable bonds is 8. The van der Waals surface area contributed by atoms with Crippen LogP contribution in [0.4, 0.5) is 0 Å². The second-order valence-corrected chi connectivity index (χ2v) is 7.27. The van der Waals surface area contributed by atoms with Crippen LogP contribution in [0.1, 0.15) is 36.8 Å². The number of phenolic OH excluding ortho intramolecular Hbond substituents is 2. The highest BCUT2D eigenvalue weighted by Gasteiger charge is 2.24. The normalized spacial score (nSPS) is 19.4. The molecule has 6 nitrogen and oxygen atoms in total. The molecule has 3 rings (SSSR count). The molecule has 1 aliphatic rings. The topological polar surface area (TPSA) is 83.0 Å². The number of phenols is 2. The fourth-order valence-electron chi connectivity index (χ4n) is 3.78. The van der Waals surface area contributed by atoms with Gasteiger partial charge in [0, 0.05) is 25.2 Å². The van der Waals surface area contributed by atoms with Crippen LogP contribution in [0.5, 0.6) is 23.0 Å². The third-order valence-corrected chi connectivity index (χ3v) is 5.39. The molecule has 0 saturated heterocycles. The number of ether oxygens (including phenoxy) is 2. The monoisotopic (exact) mass is 386 g/mol. The van der Waals surface area contributed by atoms with Crippen LogP contribution in [0.15, 0.2) is 36.4 Å². The maximum Gasteiger partial charge on any atom is 0.160 e. The lowest BCUT2D eigenvalue weighted by molar-refractivity contribution is 0.281. The van der Waals surface area contributed by atoms with Crippen molar-refractivity contribution < 1.29 is 19.7 Å². The Morgan fingerprint density at radius 1 is 0.786 bits per heavy atom. The van der Waals surface area contributed by atoms with Crippen LogP contribution in [0.3, 0.4) is 0 Å². The first-order valence-electron chi connectivity index (χ1n) is 9.79. The predicted octanol–water partition coefficient (Wildman–Crippen LogP) is 3.31. The first-order valence-corrected chi connectivity index (χ1v) is 9.79. The molecule has 0 radical (unpaired) electrons. The van der Waals surface area contributed by atoms with Gasteiger partial charge in [-0.05, 0) is 48.2 Å². The number of aromatic hydroxyl groups is 2. The van der Waals surface area contributed by atoms with Gasteiger partial charge in [-0.15, -0.1) is 0 Å². The number of methoxy groups -OCH3 is 2. The van der Waals surface area contributed by atoms with Gasteiger partial charge in [0.15, 0.2) is 23.0 Å². The molecule has 0 aromatic heterocycles. The molecule has 0 heterocycles. The van der Waals surface area contributed by atoms with E-state index in [0.29, 0.717) is 23.6 Å². The highest BCUT2D eigenvalue weighted by molar-refractivity contribution is 5.42. The summed E-state index contributed by atoms with van der Waals surface area (Å²) in [7, 11) is 3.12. The highest BCUT2D eigenvalue weighted by atomic mass is 16.5. The molecular weight excluding hydrogens is 356 g/mol. The Hall–Kier alpha value is -2.44. The Balaban J connectivity index is 1.58. The molecule has 28 heavy (non-hydrogen) atoms. The van der Waals surface area contributed by atoms with Crippen molar-refractivity contribution in [2.75, 3.05) is 14.2 Å². The largest absolute Gasteiger partial charge is 0.504 e. The molecule has 4 N–H and O–H groups in total. The Morgan fingerprint density at radius 3 is 1.61 bits per heavy atom. The quantitative estimate of drug-likeness (QED) is 0.557. The lowest BCUT2D eigenvalue weighted by atomic mass is 9.90. The van der Waals surface area contributed by atoms with Crippen molar-refractivity contribution in [1.29, 1.82) is 0 Å². The fourth-order valence-corrected chi connectivity index (χ4v) is 3.78. The van der Waals surface area contributed by atoms with Gasteiger partial charge in [0.25, 0.3) is 0 Å². The first kappa shape index (κ1) is 20.3. The number of benzene rings is 2. The van der Waals surface area contributed by atoms with E-state index < -0.39 is 0 Å². The highest BCUT2D eigenvalue weighted by Crippen LogP contribution is 2.28. The second-order valence-electron chi connectivity index (χ2n) is 7.27. The first-order chi connectivity index (χ1) is 13.6. The summed E-state index contributed by atoms with van der Waals surface area (Å²) in [6.07, 6.45) is 4.71. The van der Waals surface area contributed by atoms with Crippen LogP contribution in [-0.2, 0) is 13.1 Å². The smallest absolute Gasteiger partial charge is 0.160 e. The standard InChI is InChI=1S/C22H30N2O4/c1-27-21-11-15(7-9-19(21)25)13-23-17-5-3-4-6-18(17)24-14-16-8-10-20(26)22(12-16)28-2/h7-12,17-18,23-26H,3-6,13-14H2,1-2H3/t17-,18-/m1/s1. The summed E-state index contributed by atoms with van der Waals surface area (Å²) in [4.78, 5) is 0. The molecule has 6 heteroatoms. The maximum absolute atomic E-state index is 9.75. The van der Waals surface area contributed by atoms with Gasteiger partial charge in [-0.3, -0.25) is 0 Å². The number of nitrogens with one attached hydrogen (secondary N) is 2. The summed E-state index contributed by atoms with van der Waals surface area (Å²) in [5.74, 6) is 1.32. The van der Waals surface area contributed by atoms with Gasteiger partial charge in [0.1, 0.15) is 0 Å². The van der Waals surface area contributed by atoms with Gasteiger partial charge in [0.2, 0.25) is 0 Å². The van der Waals surface area contributed by atoms with E-state index in [-0.39, 0.29) is 11.5 Å². The fraction of sp³-hybridized carbons (Fsp3) is 0.455. The third-order valence-electron chi connectivity index (χ3n) is 5.39. The molecule has 0 aliphatic heterocycles. The molecule has 1 aliphatic carbocycles. The minimum Gasteiger partial charge on any atom is -0.504 e. The SMILES string of the molecule is COc1cc(CN[C@@H]2CCCC[C@H]2NCc2ccc(O)c(OC)c2)ccc1O. The Bertz CT molecular complexity index is 716. The number of hydrogen-bond donors (Lipinski definition) is 4. The minimum atomic E-state index is 0.160. The van der Waals surface area contributed by atoms with Gasteiger partial charge in [-0.1, -0.05) is 25.0 Å². The minimum absolute atomic E-state index is 0.160. The number of hydrogen-bond acceptors (Lipinski definition) is 6. The summed E-state index contributed by atoms with van der Waals surface area (Å²) >= 11 is 0. The van der Waals surface area contributed by atoms with Crippen LogP contribution in [0.25, 0.3) is 0 Å². The van der Waals surface area contributed by atoms with Crippen molar-refractivity contribution in [2.45, 2.75) is 50.9 Å². The Kier molecular flexibility index (Phi) is 7.01. The van der Waals surface area contributed by atoms with E-state index in [4.69, 9.17) is 9.47 Å². The molecule has 0 spiro atoms. The van der Waals surface area contributed by atoms with Crippen LogP contribution >= 0.6 is 0 Å². The van der Waals surface area contributed by atoms with Gasteiger partial charge in [-0.25, -0.2) is 0 Å². The molecule has 0 bridgehead atoms. The van der Waals surface area contributed by atoms with Crippen molar-refractivity contribution in [3.63, 3.8) is 0 Å². The van der Waals surface area contributed by atoms with E-state index in [1.807, 2.05) is 24.3 Å². The average molecular weight is 386 g/mol. The Morgan fingerprint density at radius 2 is 1.21 bits per heavy atom. The van der Waals surface area contributed by atoms with Crippen molar-refractivity contribution in [3.8, 4) is 23.0 Å². The van der Waals surface area contributed by atoms with Gasteiger partial charge in [-0.2, -0.15) is 0 Å². The molecule has 2 aromatic rings. The molecule has 1 fully saturated rings. The van der Waals surface area contributed by atoms with Gasteiger partial charge >= 0.3 is 0 Å². The van der Waals surface area contributed by atoms with Crippen LogP contribution in [0.2, 0.25) is 0 Å². The van der Waals surface area contributed by atoms with Gasteiger partial charge < -0.3 is 30.3 Å². The van der Waals surface area contributed by atoms with Crippen molar-refractivity contribution in [3.05, 3.63) is 47.5 Å². The van der Waals surface area contributed by atoms with Crippen LogP contribution in [0, 0.1) is 0 Å². The second kappa shape index (κ2) is 9.66. The zero-order valence-electron chi connectivity index (χ0n) is 16.6. The zero-order chi connectivity index (χ0) is 19.9. The summed E-state index contributed by atoms with van der Waals surface area (Å²) in [5.41, 5.74) is 2.17. The summed E-state index contributed by atoms with van der Waals surface area (Å²) in [6, 6.07) is 11.7. The van der Waals surface area contributed by atoms with E-state index >= 15 is 0 Å². The lowest BCUT2D eigenvalue weighted by Gasteiger charge is -2.33. The maximum atomic E-state index is 9.75. The van der Waals surface area contributed by atoms with E-state index in [1.54, 1.807) is 26.4 Å². The molecule has 152 valence electrons. The molecule has 2 aromatic carbocycles. The van der Waals surface area contributed by atoms with Crippen molar-refractivity contribution in [2.24, 2.45) is 0 Å².